The van der Waals surface area contributed by atoms with Crippen LogP contribution in [0.15, 0.2) is 65.1 Å². The fourth-order valence-corrected chi connectivity index (χ4v) is 6.04. The molecule has 5 aromatic rings. The Labute approximate surface area is 248 Å². The van der Waals surface area contributed by atoms with Gasteiger partial charge in [0, 0.05) is 29.2 Å². The zero-order chi connectivity index (χ0) is 30.1. The molecule has 6 heteroatoms. The highest BCUT2D eigenvalue weighted by atomic mass is 19.2. The number of rotatable bonds is 6. The topological polar surface area (TPSA) is 22.4 Å². The van der Waals surface area contributed by atoms with Crippen molar-refractivity contribution >= 4 is 21.9 Å². The first-order chi connectivity index (χ1) is 20.9. The van der Waals surface area contributed by atoms with Gasteiger partial charge in [0.05, 0.1) is 16.9 Å². The van der Waals surface area contributed by atoms with Crippen LogP contribution in [0.2, 0.25) is 0 Å². The van der Waals surface area contributed by atoms with Crippen LogP contribution in [0.1, 0.15) is 57.1 Å². The lowest BCUT2D eigenvalue weighted by molar-refractivity contribution is 0.0310. The van der Waals surface area contributed by atoms with Crippen LogP contribution in [-0.2, 0) is 11.2 Å². The molecule has 0 spiro atoms. The van der Waals surface area contributed by atoms with E-state index in [0.717, 1.165) is 56.3 Å². The molecule has 1 fully saturated rings. The molecule has 0 saturated heterocycles. The number of hydrogen-bond acceptors (Lipinski definition) is 2. The van der Waals surface area contributed by atoms with Gasteiger partial charge in [0.2, 0.25) is 0 Å². The predicted octanol–water partition coefficient (Wildman–Crippen LogP) is 10.4. The van der Waals surface area contributed by atoms with Crippen molar-refractivity contribution in [3.05, 3.63) is 95.1 Å². The Balaban J connectivity index is 1.31. The van der Waals surface area contributed by atoms with E-state index >= 15 is 17.6 Å². The summed E-state index contributed by atoms with van der Waals surface area (Å²) in [5, 5.41) is -0.832. The number of benzene rings is 4. The van der Waals surface area contributed by atoms with E-state index in [4.69, 9.17) is 9.15 Å². The fourth-order valence-electron chi connectivity index (χ4n) is 6.04. The van der Waals surface area contributed by atoms with Gasteiger partial charge < -0.3 is 9.15 Å². The van der Waals surface area contributed by atoms with Gasteiger partial charge in [0.15, 0.2) is 23.3 Å². The standard InChI is InChI=1S/C37H32F4O2/c1-3-5-22-8-14-25(15-9-22)28-20-30-32(36(40)34(28)38)33-31(43-30)21-29(35(39)37(33)41)26-16-10-23(11-17-26)6-7-24-12-18-27(19-13-24)42-4-2/h8-11,14-17,20-21,24,27H,3-5,12-13,18-19H2,1-2H3. The summed E-state index contributed by atoms with van der Waals surface area (Å²) >= 11 is 0. The molecule has 0 atom stereocenters. The molecule has 0 bridgehead atoms. The maximum absolute atomic E-state index is 15.5. The number of ether oxygens (including phenoxy) is 1. The lowest BCUT2D eigenvalue weighted by Crippen LogP contribution is -2.20. The minimum absolute atomic E-state index is 0.00718. The number of hydrogen-bond donors (Lipinski definition) is 0. The van der Waals surface area contributed by atoms with E-state index in [9.17, 15) is 0 Å². The van der Waals surface area contributed by atoms with Crippen LogP contribution in [0, 0.1) is 41.0 Å². The van der Waals surface area contributed by atoms with Crippen molar-refractivity contribution in [2.24, 2.45) is 5.92 Å². The van der Waals surface area contributed by atoms with Crippen LogP contribution in [-0.4, -0.2) is 12.7 Å². The van der Waals surface area contributed by atoms with Gasteiger partial charge in [-0.15, -0.1) is 0 Å². The summed E-state index contributed by atoms with van der Waals surface area (Å²) in [6, 6.07) is 16.7. The summed E-state index contributed by atoms with van der Waals surface area (Å²) in [4.78, 5) is 0. The quantitative estimate of drug-likeness (QED) is 0.146. The Morgan fingerprint density at radius 3 is 1.77 bits per heavy atom. The van der Waals surface area contributed by atoms with E-state index in [2.05, 4.69) is 18.8 Å². The summed E-state index contributed by atoms with van der Waals surface area (Å²) in [6.45, 7) is 4.80. The molecule has 2 nitrogen and oxygen atoms in total. The zero-order valence-corrected chi connectivity index (χ0v) is 24.2. The van der Waals surface area contributed by atoms with Crippen LogP contribution in [0.25, 0.3) is 44.2 Å². The molecule has 1 saturated carbocycles. The molecule has 4 aromatic carbocycles. The molecule has 1 aliphatic rings. The van der Waals surface area contributed by atoms with Crippen molar-refractivity contribution in [1.29, 1.82) is 0 Å². The van der Waals surface area contributed by atoms with Gasteiger partial charge in [-0.1, -0.05) is 61.6 Å². The fraction of sp³-hybridized carbons (Fsp3) is 0.297. The summed E-state index contributed by atoms with van der Waals surface area (Å²) in [5.74, 6) is 1.99. The highest BCUT2D eigenvalue weighted by Gasteiger charge is 2.26. The van der Waals surface area contributed by atoms with Crippen molar-refractivity contribution in [1.82, 2.24) is 0 Å². The second-order valence-electron chi connectivity index (χ2n) is 11.2. The Morgan fingerprint density at radius 2 is 1.26 bits per heavy atom. The minimum Gasteiger partial charge on any atom is -0.456 e. The second kappa shape index (κ2) is 12.3. The largest absolute Gasteiger partial charge is 0.456 e. The van der Waals surface area contributed by atoms with Crippen molar-refractivity contribution in [2.45, 2.75) is 58.5 Å². The van der Waals surface area contributed by atoms with Crippen LogP contribution >= 0.6 is 0 Å². The van der Waals surface area contributed by atoms with Crippen LogP contribution in [0.5, 0.6) is 0 Å². The average molecular weight is 585 g/mol. The zero-order valence-electron chi connectivity index (χ0n) is 24.2. The van der Waals surface area contributed by atoms with E-state index in [1.165, 1.54) is 12.1 Å². The van der Waals surface area contributed by atoms with Gasteiger partial charge in [-0.3, -0.25) is 0 Å². The molecule has 1 aliphatic carbocycles. The summed E-state index contributed by atoms with van der Waals surface area (Å²) in [5.41, 5.74) is 2.57. The normalized spacial score (nSPS) is 16.9. The average Bonchev–Trinajstić information content (AvgIpc) is 3.40. The molecular weight excluding hydrogens is 552 g/mol. The maximum atomic E-state index is 15.5. The van der Waals surface area contributed by atoms with Crippen molar-refractivity contribution in [3.63, 3.8) is 0 Å². The van der Waals surface area contributed by atoms with Crippen LogP contribution in [0.3, 0.4) is 0 Å². The van der Waals surface area contributed by atoms with Gasteiger partial charge in [-0.05, 0) is 80.0 Å². The SMILES string of the molecule is CCCc1ccc(-c2cc3oc4cc(-c5ccc(C#CC6CCC(OCC)CC6)cc5)c(F)c(F)c4c3c(F)c2F)cc1. The molecule has 1 aromatic heterocycles. The molecule has 0 aliphatic heterocycles. The Morgan fingerprint density at radius 1 is 0.721 bits per heavy atom. The molecule has 220 valence electrons. The highest BCUT2D eigenvalue weighted by Crippen LogP contribution is 2.41. The van der Waals surface area contributed by atoms with Gasteiger partial charge in [0.1, 0.15) is 11.2 Å². The van der Waals surface area contributed by atoms with Crippen LogP contribution in [0.4, 0.5) is 17.6 Å². The van der Waals surface area contributed by atoms with Gasteiger partial charge in [-0.2, -0.15) is 0 Å². The summed E-state index contributed by atoms with van der Waals surface area (Å²) in [7, 11) is 0. The first-order valence-electron chi connectivity index (χ1n) is 14.9. The third-order valence-electron chi connectivity index (χ3n) is 8.31. The Hall–Kier alpha value is -4.08. The lowest BCUT2D eigenvalue weighted by atomic mass is 9.87. The second-order valence-corrected chi connectivity index (χ2v) is 11.2. The van der Waals surface area contributed by atoms with E-state index < -0.39 is 34.0 Å². The molecule has 0 unspecified atom stereocenters. The van der Waals surface area contributed by atoms with Crippen molar-refractivity contribution < 1.29 is 26.7 Å². The third kappa shape index (κ3) is 5.67. The molecule has 0 N–H and O–H groups in total. The molecule has 6 rings (SSSR count). The van der Waals surface area contributed by atoms with Gasteiger partial charge in [0.25, 0.3) is 0 Å². The molecular formula is C37H32F4O2. The van der Waals surface area contributed by atoms with E-state index in [-0.39, 0.29) is 22.3 Å². The number of fused-ring (bicyclic) bond motifs is 3. The minimum atomic E-state index is -1.28. The predicted molar refractivity (Wildman–Crippen MR) is 163 cm³/mol. The third-order valence-corrected chi connectivity index (χ3v) is 8.31. The Kier molecular flexibility index (Phi) is 8.27. The molecule has 0 radical (unpaired) electrons. The van der Waals surface area contributed by atoms with E-state index in [1.54, 1.807) is 36.4 Å². The van der Waals surface area contributed by atoms with Crippen molar-refractivity contribution in [2.75, 3.05) is 6.61 Å². The van der Waals surface area contributed by atoms with Crippen molar-refractivity contribution in [3.8, 4) is 34.1 Å². The number of furan rings is 1. The summed E-state index contributed by atoms with van der Waals surface area (Å²) in [6.07, 6.45) is 6.16. The monoisotopic (exact) mass is 584 g/mol. The lowest BCUT2D eigenvalue weighted by Gasteiger charge is -2.25. The number of aryl methyl sites for hydroxylation is 1. The molecule has 1 heterocycles. The summed E-state index contributed by atoms with van der Waals surface area (Å²) < 4.78 is 73.1. The van der Waals surface area contributed by atoms with E-state index in [1.807, 2.05) is 19.1 Å². The van der Waals surface area contributed by atoms with E-state index in [0.29, 0.717) is 23.1 Å². The molecule has 0 amide bonds. The highest BCUT2D eigenvalue weighted by molar-refractivity contribution is 6.08. The maximum Gasteiger partial charge on any atom is 0.171 e. The first-order valence-corrected chi connectivity index (χ1v) is 14.9. The molecule has 43 heavy (non-hydrogen) atoms. The first kappa shape index (κ1) is 29.0. The van der Waals surface area contributed by atoms with Gasteiger partial charge >= 0.3 is 0 Å². The van der Waals surface area contributed by atoms with Crippen LogP contribution < -0.4 is 0 Å². The Bertz CT molecular complexity index is 1830. The smallest absolute Gasteiger partial charge is 0.171 e. The van der Waals surface area contributed by atoms with Gasteiger partial charge in [-0.25, -0.2) is 17.6 Å². The number of halogens is 4.